The summed E-state index contributed by atoms with van der Waals surface area (Å²) in [6.45, 7) is 2.64. The zero-order valence-corrected chi connectivity index (χ0v) is 16.3. The van der Waals surface area contributed by atoms with Crippen LogP contribution in [0.2, 0.25) is 0 Å². The van der Waals surface area contributed by atoms with Gasteiger partial charge in [-0.25, -0.2) is 0 Å². The van der Waals surface area contributed by atoms with Crippen molar-refractivity contribution in [3.05, 3.63) is 66.3 Å². The third-order valence-corrected chi connectivity index (χ3v) is 4.44. The smallest absolute Gasteiger partial charge is 0.276 e. The zero-order valence-electron chi connectivity index (χ0n) is 16.3. The van der Waals surface area contributed by atoms with Gasteiger partial charge in [-0.3, -0.25) is 9.98 Å². The molecule has 0 aliphatic carbocycles. The highest BCUT2D eigenvalue weighted by atomic mass is 16.5. The van der Waals surface area contributed by atoms with Crippen molar-refractivity contribution >= 4 is 16.9 Å². The molecule has 29 heavy (non-hydrogen) atoms. The van der Waals surface area contributed by atoms with E-state index in [1.54, 1.807) is 13.2 Å². The SMILES string of the molecule is CN=C(NCCc1noc(-c2ccccn2)n1)NC(C)c1cc2ccccc2o1. The number of hydrogen-bond acceptors (Lipinski definition) is 6. The number of guanidine groups is 1. The minimum absolute atomic E-state index is 0.0328. The van der Waals surface area contributed by atoms with Crippen LogP contribution in [0.25, 0.3) is 22.6 Å². The number of aromatic nitrogens is 3. The largest absolute Gasteiger partial charge is 0.459 e. The van der Waals surface area contributed by atoms with Crippen LogP contribution in [-0.4, -0.2) is 34.7 Å². The van der Waals surface area contributed by atoms with E-state index in [1.807, 2.05) is 55.5 Å². The molecule has 0 saturated carbocycles. The molecular weight excluding hydrogens is 368 g/mol. The van der Waals surface area contributed by atoms with Gasteiger partial charge in [-0.15, -0.1) is 0 Å². The van der Waals surface area contributed by atoms with Crippen molar-refractivity contribution in [3.8, 4) is 11.6 Å². The number of fused-ring (bicyclic) bond motifs is 1. The monoisotopic (exact) mass is 390 g/mol. The van der Waals surface area contributed by atoms with Crippen LogP contribution in [0, 0.1) is 0 Å². The maximum atomic E-state index is 5.91. The highest BCUT2D eigenvalue weighted by Gasteiger charge is 2.13. The van der Waals surface area contributed by atoms with E-state index < -0.39 is 0 Å². The Morgan fingerprint density at radius 3 is 2.83 bits per heavy atom. The number of para-hydroxylation sites is 1. The minimum atomic E-state index is -0.0328. The molecule has 2 N–H and O–H groups in total. The summed E-state index contributed by atoms with van der Waals surface area (Å²) in [5.41, 5.74) is 1.54. The van der Waals surface area contributed by atoms with E-state index in [1.165, 1.54) is 0 Å². The first-order valence-electron chi connectivity index (χ1n) is 9.42. The van der Waals surface area contributed by atoms with Gasteiger partial charge in [0.2, 0.25) is 0 Å². The lowest BCUT2D eigenvalue weighted by Gasteiger charge is -2.15. The molecule has 4 rings (SSSR count). The van der Waals surface area contributed by atoms with Gasteiger partial charge in [-0.1, -0.05) is 29.4 Å². The summed E-state index contributed by atoms with van der Waals surface area (Å²) in [6.07, 6.45) is 2.29. The molecule has 1 aromatic carbocycles. The summed E-state index contributed by atoms with van der Waals surface area (Å²) in [5, 5.41) is 11.7. The van der Waals surface area contributed by atoms with Crippen LogP contribution in [0.15, 0.2) is 68.7 Å². The molecule has 1 unspecified atom stereocenters. The van der Waals surface area contributed by atoms with Crippen LogP contribution >= 0.6 is 0 Å². The first kappa shape index (κ1) is 18.7. The molecule has 8 nitrogen and oxygen atoms in total. The van der Waals surface area contributed by atoms with Crippen LogP contribution in [0.4, 0.5) is 0 Å². The molecule has 0 spiro atoms. The molecule has 0 bridgehead atoms. The number of rotatable bonds is 6. The number of pyridine rings is 1. The Morgan fingerprint density at radius 1 is 1.17 bits per heavy atom. The lowest BCUT2D eigenvalue weighted by Crippen LogP contribution is -2.39. The molecule has 0 amide bonds. The average molecular weight is 390 g/mol. The molecule has 4 aromatic rings. The maximum absolute atomic E-state index is 5.91. The number of benzene rings is 1. The Labute approximate surface area is 168 Å². The van der Waals surface area contributed by atoms with E-state index in [2.05, 4.69) is 30.8 Å². The lowest BCUT2D eigenvalue weighted by atomic mass is 10.2. The molecule has 0 aliphatic rings. The van der Waals surface area contributed by atoms with E-state index >= 15 is 0 Å². The summed E-state index contributed by atoms with van der Waals surface area (Å²) in [6, 6.07) is 15.5. The molecule has 8 heteroatoms. The predicted molar refractivity (Wildman–Crippen MR) is 110 cm³/mol. The highest BCUT2D eigenvalue weighted by Crippen LogP contribution is 2.23. The molecule has 0 fully saturated rings. The second-order valence-electron chi connectivity index (χ2n) is 6.53. The average Bonchev–Trinajstić information content (AvgIpc) is 3.40. The number of aliphatic imine (C=N–C) groups is 1. The third kappa shape index (κ3) is 4.43. The second kappa shape index (κ2) is 8.55. The molecule has 3 heterocycles. The Balaban J connectivity index is 1.31. The van der Waals surface area contributed by atoms with Gasteiger partial charge in [0.05, 0.1) is 6.04 Å². The quantitative estimate of drug-likeness (QED) is 0.384. The fourth-order valence-electron chi connectivity index (χ4n) is 2.93. The summed E-state index contributed by atoms with van der Waals surface area (Å²) in [4.78, 5) is 12.9. The molecule has 0 aliphatic heterocycles. The summed E-state index contributed by atoms with van der Waals surface area (Å²) < 4.78 is 11.2. The maximum Gasteiger partial charge on any atom is 0.276 e. The van der Waals surface area contributed by atoms with Gasteiger partial charge in [-0.05, 0) is 31.2 Å². The Morgan fingerprint density at radius 2 is 2.03 bits per heavy atom. The first-order chi connectivity index (χ1) is 14.2. The Kier molecular flexibility index (Phi) is 5.51. The van der Waals surface area contributed by atoms with Gasteiger partial charge in [0.1, 0.15) is 17.0 Å². The van der Waals surface area contributed by atoms with Crippen molar-refractivity contribution in [1.29, 1.82) is 0 Å². The van der Waals surface area contributed by atoms with Crippen LogP contribution in [0.3, 0.4) is 0 Å². The van der Waals surface area contributed by atoms with Crippen LogP contribution in [-0.2, 0) is 6.42 Å². The molecule has 1 atom stereocenters. The fraction of sp³-hybridized carbons (Fsp3) is 0.238. The van der Waals surface area contributed by atoms with Crippen molar-refractivity contribution in [2.45, 2.75) is 19.4 Å². The van der Waals surface area contributed by atoms with Crippen molar-refractivity contribution in [2.75, 3.05) is 13.6 Å². The molecule has 3 aromatic heterocycles. The molecule has 0 radical (unpaired) electrons. The van der Waals surface area contributed by atoms with Crippen molar-refractivity contribution in [2.24, 2.45) is 4.99 Å². The summed E-state index contributed by atoms with van der Waals surface area (Å²) in [7, 11) is 1.73. The van der Waals surface area contributed by atoms with Gasteiger partial charge in [0.25, 0.3) is 5.89 Å². The molecule has 0 saturated heterocycles. The second-order valence-corrected chi connectivity index (χ2v) is 6.53. The van der Waals surface area contributed by atoms with Crippen molar-refractivity contribution in [3.63, 3.8) is 0 Å². The number of nitrogens with one attached hydrogen (secondary N) is 2. The van der Waals surface area contributed by atoms with E-state index in [-0.39, 0.29) is 6.04 Å². The van der Waals surface area contributed by atoms with E-state index in [4.69, 9.17) is 8.94 Å². The normalized spacial score (nSPS) is 12.8. The van der Waals surface area contributed by atoms with Gasteiger partial charge in [-0.2, -0.15) is 4.98 Å². The van der Waals surface area contributed by atoms with Gasteiger partial charge in [0, 0.05) is 31.6 Å². The minimum Gasteiger partial charge on any atom is -0.459 e. The van der Waals surface area contributed by atoms with Gasteiger partial charge >= 0.3 is 0 Å². The topological polar surface area (TPSA) is 101 Å². The molecule has 148 valence electrons. The van der Waals surface area contributed by atoms with Gasteiger partial charge < -0.3 is 19.6 Å². The predicted octanol–water partition coefficient (Wildman–Crippen LogP) is 3.35. The highest BCUT2D eigenvalue weighted by molar-refractivity contribution is 5.81. The van der Waals surface area contributed by atoms with Crippen molar-refractivity contribution in [1.82, 2.24) is 25.8 Å². The van der Waals surface area contributed by atoms with Crippen LogP contribution in [0.5, 0.6) is 0 Å². The number of hydrogen-bond donors (Lipinski definition) is 2. The Bertz CT molecular complexity index is 1070. The first-order valence-corrected chi connectivity index (χ1v) is 9.42. The Hall–Kier alpha value is -3.68. The third-order valence-electron chi connectivity index (χ3n) is 4.44. The van der Waals surface area contributed by atoms with E-state index in [9.17, 15) is 0 Å². The van der Waals surface area contributed by atoms with Crippen LogP contribution < -0.4 is 10.6 Å². The molecular formula is C21H22N6O2. The van der Waals surface area contributed by atoms with Gasteiger partial charge in [0.15, 0.2) is 11.8 Å². The number of nitrogens with zero attached hydrogens (tertiary/aromatic N) is 4. The summed E-state index contributed by atoms with van der Waals surface area (Å²) in [5.74, 6) is 2.55. The van der Waals surface area contributed by atoms with Crippen LogP contribution in [0.1, 0.15) is 24.6 Å². The van der Waals surface area contributed by atoms with E-state index in [0.717, 1.165) is 16.7 Å². The summed E-state index contributed by atoms with van der Waals surface area (Å²) >= 11 is 0. The zero-order chi connectivity index (χ0) is 20.1. The standard InChI is InChI=1S/C21H22N6O2/c1-14(18-13-15-7-3-4-9-17(15)28-18)25-21(22-2)24-12-10-19-26-20(29-27-19)16-8-5-6-11-23-16/h3-9,11,13-14H,10,12H2,1-2H3,(H2,22,24,25). The van der Waals surface area contributed by atoms with E-state index in [0.29, 0.717) is 36.3 Å². The number of furan rings is 1. The lowest BCUT2D eigenvalue weighted by molar-refractivity contribution is 0.421. The fourth-order valence-corrected chi connectivity index (χ4v) is 2.93. The van der Waals surface area contributed by atoms with Crippen molar-refractivity contribution < 1.29 is 8.94 Å².